The molecule has 0 aliphatic carbocycles. The number of halogens is 1. The number of benzene rings is 1. The fourth-order valence-electron chi connectivity index (χ4n) is 1.53. The summed E-state index contributed by atoms with van der Waals surface area (Å²) in [5.74, 6) is -0.818. The summed E-state index contributed by atoms with van der Waals surface area (Å²) in [5.41, 5.74) is 2.30. The minimum absolute atomic E-state index is 0.181. The van der Waals surface area contributed by atoms with Crippen LogP contribution in [0.2, 0.25) is 0 Å². The molecule has 1 aromatic carbocycles. The zero-order chi connectivity index (χ0) is 13.1. The average Bonchev–Trinajstić information content (AvgIpc) is 2.34. The number of nitrogens with one attached hydrogen (secondary N) is 1. The summed E-state index contributed by atoms with van der Waals surface area (Å²) in [6, 6.07) is 7.97. The maximum Gasteiger partial charge on any atom is 0.257 e. The normalized spacial score (nSPS) is 10.2. The van der Waals surface area contributed by atoms with Gasteiger partial charge in [-0.25, -0.2) is 4.39 Å². The molecule has 2 aromatic rings. The lowest BCUT2D eigenvalue weighted by molar-refractivity contribution is 0.102. The number of hydrogen-bond donors (Lipinski definition) is 1. The largest absolute Gasteiger partial charge is 0.319 e. The van der Waals surface area contributed by atoms with Gasteiger partial charge in [-0.1, -0.05) is 6.07 Å². The molecule has 2 rings (SSSR count). The van der Waals surface area contributed by atoms with Crippen LogP contribution in [0, 0.1) is 19.7 Å². The van der Waals surface area contributed by atoms with Crippen LogP contribution in [0.1, 0.15) is 21.6 Å². The van der Waals surface area contributed by atoms with Crippen molar-refractivity contribution >= 4 is 11.6 Å². The maximum atomic E-state index is 13.5. The quantitative estimate of drug-likeness (QED) is 0.882. The monoisotopic (exact) mass is 244 g/mol. The molecule has 1 heterocycles. The molecule has 0 fully saturated rings. The van der Waals surface area contributed by atoms with Crippen LogP contribution in [0.3, 0.4) is 0 Å². The molecule has 1 aromatic heterocycles. The number of rotatable bonds is 2. The summed E-state index contributed by atoms with van der Waals surface area (Å²) in [6.07, 6.45) is 1.47. The van der Waals surface area contributed by atoms with E-state index in [1.165, 1.54) is 12.3 Å². The molecule has 0 aliphatic rings. The molecule has 1 N–H and O–H groups in total. The molecule has 3 nitrogen and oxygen atoms in total. The standard InChI is InChI=1S/C14H13FN2O/c1-9-3-6-12(15)13(7-9)17-14(18)11-5-4-10(2)16-8-11/h3-8H,1-2H3,(H,17,18). The van der Waals surface area contributed by atoms with E-state index in [1.807, 2.05) is 13.8 Å². The molecular weight excluding hydrogens is 231 g/mol. The first-order valence-electron chi connectivity index (χ1n) is 5.56. The van der Waals surface area contributed by atoms with E-state index in [0.29, 0.717) is 5.56 Å². The molecule has 0 saturated carbocycles. The van der Waals surface area contributed by atoms with E-state index in [0.717, 1.165) is 11.3 Å². The molecule has 18 heavy (non-hydrogen) atoms. The Morgan fingerprint density at radius 2 is 2.00 bits per heavy atom. The fourth-order valence-corrected chi connectivity index (χ4v) is 1.53. The van der Waals surface area contributed by atoms with Gasteiger partial charge < -0.3 is 5.32 Å². The lowest BCUT2D eigenvalue weighted by atomic mass is 10.2. The molecule has 4 heteroatoms. The molecule has 0 atom stereocenters. The predicted octanol–water partition coefficient (Wildman–Crippen LogP) is 3.09. The van der Waals surface area contributed by atoms with Gasteiger partial charge in [0, 0.05) is 11.9 Å². The lowest BCUT2D eigenvalue weighted by Crippen LogP contribution is -2.13. The molecule has 0 unspecified atom stereocenters. The topological polar surface area (TPSA) is 42.0 Å². The van der Waals surface area contributed by atoms with Gasteiger partial charge in [0.15, 0.2) is 0 Å². The fraction of sp³-hybridized carbons (Fsp3) is 0.143. The second-order valence-corrected chi connectivity index (χ2v) is 4.13. The summed E-state index contributed by atoms with van der Waals surface area (Å²) in [7, 11) is 0. The summed E-state index contributed by atoms with van der Waals surface area (Å²) in [4.78, 5) is 15.9. The molecule has 1 amide bonds. The van der Waals surface area contributed by atoms with Crippen LogP contribution in [0.4, 0.5) is 10.1 Å². The van der Waals surface area contributed by atoms with Crippen LogP contribution in [0.15, 0.2) is 36.5 Å². The van der Waals surface area contributed by atoms with Gasteiger partial charge in [0.25, 0.3) is 5.91 Å². The Morgan fingerprint density at radius 3 is 2.67 bits per heavy atom. The molecule has 0 spiro atoms. The van der Waals surface area contributed by atoms with Crippen molar-refractivity contribution < 1.29 is 9.18 Å². The third-order valence-electron chi connectivity index (χ3n) is 2.54. The third-order valence-corrected chi connectivity index (χ3v) is 2.54. The van der Waals surface area contributed by atoms with Crippen molar-refractivity contribution in [2.45, 2.75) is 13.8 Å². The Balaban J connectivity index is 2.21. The maximum absolute atomic E-state index is 13.5. The highest BCUT2D eigenvalue weighted by atomic mass is 19.1. The SMILES string of the molecule is Cc1ccc(F)c(NC(=O)c2ccc(C)nc2)c1. The average molecular weight is 244 g/mol. The number of aromatic nitrogens is 1. The summed E-state index contributed by atoms with van der Waals surface area (Å²) in [6.45, 7) is 3.67. The van der Waals surface area contributed by atoms with Gasteiger partial charge in [-0.15, -0.1) is 0 Å². The van der Waals surface area contributed by atoms with Crippen LogP contribution in [0.5, 0.6) is 0 Å². The number of carbonyl (C=O) groups is 1. The van der Waals surface area contributed by atoms with Gasteiger partial charge in [0.1, 0.15) is 5.82 Å². The molecule has 0 bridgehead atoms. The zero-order valence-corrected chi connectivity index (χ0v) is 10.2. The first kappa shape index (κ1) is 12.2. The van der Waals surface area contributed by atoms with Crippen molar-refractivity contribution in [3.63, 3.8) is 0 Å². The number of pyridine rings is 1. The molecule has 0 saturated heterocycles. The number of hydrogen-bond acceptors (Lipinski definition) is 2. The number of anilines is 1. The van der Waals surface area contributed by atoms with Crippen LogP contribution in [0.25, 0.3) is 0 Å². The van der Waals surface area contributed by atoms with Crippen molar-refractivity contribution in [2.24, 2.45) is 0 Å². The van der Waals surface area contributed by atoms with E-state index >= 15 is 0 Å². The van der Waals surface area contributed by atoms with E-state index in [-0.39, 0.29) is 11.6 Å². The van der Waals surface area contributed by atoms with Crippen molar-refractivity contribution in [1.82, 2.24) is 4.98 Å². The van der Waals surface area contributed by atoms with E-state index in [1.54, 1.807) is 24.3 Å². The minimum atomic E-state index is -0.450. The first-order valence-corrected chi connectivity index (χ1v) is 5.56. The second-order valence-electron chi connectivity index (χ2n) is 4.13. The van der Waals surface area contributed by atoms with Crippen molar-refractivity contribution in [1.29, 1.82) is 0 Å². The number of amides is 1. The highest BCUT2D eigenvalue weighted by molar-refractivity contribution is 6.04. The smallest absolute Gasteiger partial charge is 0.257 e. The Hall–Kier alpha value is -2.23. The molecular formula is C14H13FN2O. The van der Waals surface area contributed by atoms with E-state index in [4.69, 9.17) is 0 Å². The van der Waals surface area contributed by atoms with Gasteiger partial charge in [-0.3, -0.25) is 9.78 Å². The van der Waals surface area contributed by atoms with Gasteiger partial charge in [0.2, 0.25) is 0 Å². The second kappa shape index (κ2) is 4.96. The van der Waals surface area contributed by atoms with Gasteiger partial charge in [0.05, 0.1) is 11.3 Å². The van der Waals surface area contributed by atoms with Crippen molar-refractivity contribution in [2.75, 3.05) is 5.32 Å². The molecule has 0 aliphatic heterocycles. The van der Waals surface area contributed by atoms with E-state index in [9.17, 15) is 9.18 Å². The van der Waals surface area contributed by atoms with Gasteiger partial charge in [-0.05, 0) is 43.7 Å². The van der Waals surface area contributed by atoms with Crippen molar-refractivity contribution in [3.8, 4) is 0 Å². The van der Waals surface area contributed by atoms with Crippen molar-refractivity contribution in [3.05, 3.63) is 59.2 Å². The van der Waals surface area contributed by atoms with Gasteiger partial charge >= 0.3 is 0 Å². The summed E-state index contributed by atoms with van der Waals surface area (Å²) in [5, 5.41) is 2.53. The Morgan fingerprint density at radius 1 is 1.22 bits per heavy atom. The van der Waals surface area contributed by atoms with Crippen LogP contribution in [-0.4, -0.2) is 10.9 Å². The molecule has 0 radical (unpaired) electrons. The zero-order valence-electron chi connectivity index (χ0n) is 10.2. The third kappa shape index (κ3) is 2.71. The van der Waals surface area contributed by atoms with Crippen LogP contribution in [-0.2, 0) is 0 Å². The van der Waals surface area contributed by atoms with Gasteiger partial charge in [-0.2, -0.15) is 0 Å². The summed E-state index contributed by atoms with van der Waals surface area (Å²) >= 11 is 0. The Labute approximate surface area is 105 Å². The number of carbonyl (C=O) groups excluding carboxylic acids is 1. The number of aryl methyl sites for hydroxylation is 2. The van der Waals surface area contributed by atoms with E-state index < -0.39 is 5.82 Å². The van der Waals surface area contributed by atoms with E-state index in [2.05, 4.69) is 10.3 Å². The van der Waals surface area contributed by atoms with Crippen LogP contribution < -0.4 is 5.32 Å². The lowest BCUT2D eigenvalue weighted by Gasteiger charge is -2.07. The number of nitrogens with zero attached hydrogens (tertiary/aromatic N) is 1. The Kier molecular flexibility index (Phi) is 3.37. The predicted molar refractivity (Wildman–Crippen MR) is 68.1 cm³/mol. The minimum Gasteiger partial charge on any atom is -0.319 e. The highest BCUT2D eigenvalue weighted by Crippen LogP contribution is 2.16. The first-order chi connectivity index (χ1) is 8.56. The Bertz CT molecular complexity index is 579. The van der Waals surface area contributed by atoms with Crippen LogP contribution >= 0.6 is 0 Å². The summed E-state index contributed by atoms with van der Waals surface area (Å²) < 4.78 is 13.5. The highest BCUT2D eigenvalue weighted by Gasteiger charge is 2.09. The molecule has 92 valence electrons.